The Morgan fingerprint density at radius 2 is 2.06 bits per heavy atom. The number of rotatable bonds is 3. The van der Waals surface area contributed by atoms with Crippen LogP contribution in [0, 0.1) is 12.3 Å². The van der Waals surface area contributed by atoms with E-state index in [0.29, 0.717) is 5.75 Å². The van der Waals surface area contributed by atoms with E-state index in [1.165, 1.54) is 0 Å². The Morgan fingerprint density at radius 3 is 2.53 bits per heavy atom. The highest BCUT2D eigenvalue weighted by molar-refractivity contribution is 5.52. The summed E-state index contributed by atoms with van der Waals surface area (Å²) in [4.78, 5) is 0. The van der Waals surface area contributed by atoms with Crippen LogP contribution in [-0.4, -0.2) is 17.3 Å². The molecule has 17 heavy (non-hydrogen) atoms. The lowest BCUT2D eigenvalue weighted by atomic mass is 9.96. The molecular weight excluding hydrogens is 212 g/mol. The maximum Gasteiger partial charge on any atom is 0.135 e. The number of benzene rings is 1. The van der Waals surface area contributed by atoms with E-state index in [9.17, 15) is 5.11 Å². The molecule has 0 aliphatic carbocycles. The van der Waals surface area contributed by atoms with E-state index >= 15 is 0 Å². The smallest absolute Gasteiger partial charge is 0.135 e. The van der Waals surface area contributed by atoms with Crippen LogP contribution in [0.1, 0.15) is 44.7 Å². The van der Waals surface area contributed by atoms with E-state index in [2.05, 4.69) is 5.92 Å². The van der Waals surface area contributed by atoms with Crippen LogP contribution in [0.25, 0.3) is 0 Å². The van der Waals surface area contributed by atoms with Crippen molar-refractivity contribution in [1.29, 1.82) is 0 Å². The molecule has 2 nitrogen and oxygen atoms in total. The lowest BCUT2D eigenvalue weighted by Gasteiger charge is -2.24. The minimum Gasteiger partial charge on any atom is -0.487 e. The molecule has 0 aromatic heterocycles. The van der Waals surface area contributed by atoms with Crippen molar-refractivity contribution < 1.29 is 9.84 Å². The van der Waals surface area contributed by atoms with Crippen molar-refractivity contribution in [2.45, 2.75) is 39.2 Å². The first-order chi connectivity index (χ1) is 7.89. The fourth-order valence-corrected chi connectivity index (χ4v) is 1.63. The van der Waals surface area contributed by atoms with Crippen molar-refractivity contribution >= 4 is 0 Å². The average molecular weight is 232 g/mol. The van der Waals surface area contributed by atoms with Gasteiger partial charge < -0.3 is 9.84 Å². The largest absolute Gasteiger partial charge is 0.487 e. The van der Waals surface area contributed by atoms with Gasteiger partial charge in [0.15, 0.2) is 0 Å². The maximum atomic E-state index is 9.22. The van der Waals surface area contributed by atoms with E-state index in [0.717, 1.165) is 11.1 Å². The number of hydrogen-bond donors (Lipinski definition) is 1. The molecule has 0 saturated heterocycles. The van der Waals surface area contributed by atoms with Crippen LogP contribution in [0.15, 0.2) is 18.2 Å². The molecule has 1 aromatic rings. The van der Waals surface area contributed by atoms with Gasteiger partial charge in [0.25, 0.3) is 0 Å². The lowest BCUT2D eigenvalue weighted by molar-refractivity contribution is 0.130. The summed E-state index contributed by atoms with van der Waals surface area (Å²) in [5, 5.41) is 9.22. The van der Waals surface area contributed by atoms with E-state index in [-0.39, 0.29) is 18.1 Å². The van der Waals surface area contributed by atoms with Crippen LogP contribution in [-0.2, 0) is 0 Å². The van der Waals surface area contributed by atoms with Crippen LogP contribution >= 0.6 is 0 Å². The second-order valence-electron chi connectivity index (χ2n) is 5.16. The number of aliphatic hydroxyl groups is 1. The third kappa shape index (κ3) is 3.51. The summed E-state index contributed by atoms with van der Waals surface area (Å²) in [7, 11) is 0. The van der Waals surface area contributed by atoms with Gasteiger partial charge in [-0.25, -0.2) is 0 Å². The number of terminal acetylenes is 1. The minimum atomic E-state index is -0.285. The first kappa shape index (κ1) is 13.6. The van der Waals surface area contributed by atoms with Crippen LogP contribution < -0.4 is 4.74 Å². The van der Waals surface area contributed by atoms with Crippen LogP contribution in [0.4, 0.5) is 0 Å². The van der Waals surface area contributed by atoms with E-state index in [1.807, 2.05) is 45.9 Å². The first-order valence-corrected chi connectivity index (χ1v) is 5.78. The molecule has 1 unspecified atom stereocenters. The highest BCUT2D eigenvalue weighted by Gasteiger charge is 2.17. The molecule has 0 aliphatic heterocycles. The fourth-order valence-electron chi connectivity index (χ4n) is 1.63. The van der Waals surface area contributed by atoms with Gasteiger partial charge in [-0.05, 0) is 32.4 Å². The van der Waals surface area contributed by atoms with Gasteiger partial charge in [-0.2, -0.15) is 0 Å². The molecule has 2 heteroatoms. The predicted octanol–water partition coefficient (Wildman–Crippen LogP) is 2.94. The molecule has 0 bridgehead atoms. The minimum absolute atomic E-state index is 0.0181. The Kier molecular flexibility index (Phi) is 4.20. The zero-order valence-electron chi connectivity index (χ0n) is 10.9. The topological polar surface area (TPSA) is 29.5 Å². The Morgan fingerprint density at radius 1 is 1.41 bits per heavy atom. The van der Waals surface area contributed by atoms with Gasteiger partial charge in [-0.1, -0.05) is 25.0 Å². The van der Waals surface area contributed by atoms with Gasteiger partial charge in [0, 0.05) is 12.5 Å². The summed E-state index contributed by atoms with van der Waals surface area (Å²) in [5.74, 6) is 3.39. The molecule has 0 heterocycles. The van der Waals surface area contributed by atoms with Crippen molar-refractivity contribution in [2.75, 3.05) is 6.61 Å². The lowest BCUT2D eigenvalue weighted by Crippen LogP contribution is -2.23. The molecule has 1 atom stereocenters. The Labute approximate surface area is 104 Å². The normalized spacial score (nSPS) is 12.9. The Balaban J connectivity index is 3.20. The molecule has 0 fully saturated rings. The van der Waals surface area contributed by atoms with Crippen molar-refractivity contribution in [1.82, 2.24) is 0 Å². The van der Waals surface area contributed by atoms with Crippen LogP contribution in [0.5, 0.6) is 5.75 Å². The van der Waals surface area contributed by atoms with Crippen molar-refractivity contribution in [3.8, 4) is 18.1 Å². The van der Waals surface area contributed by atoms with Crippen molar-refractivity contribution in [3.05, 3.63) is 29.3 Å². The van der Waals surface area contributed by atoms with E-state index < -0.39 is 0 Å². The van der Waals surface area contributed by atoms with Gasteiger partial charge in [0.1, 0.15) is 11.4 Å². The summed E-state index contributed by atoms with van der Waals surface area (Å²) in [6, 6.07) is 5.71. The van der Waals surface area contributed by atoms with E-state index in [1.54, 1.807) is 0 Å². The Hall–Kier alpha value is -1.46. The second-order valence-corrected chi connectivity index (χ2v) is 5.16. The molecule has 0 aliphatic rings. The van der Waals surface area contributed by atoms with Crippen molar-refractivity contribution in [3.63, 3.8) is 0 Å². The number of aliphatic hydroxyl groups excluding tert-OH is 1. The monoisotopic (exact) mass is 232 g/mol. The van der Waals surface area contributed by atoms with Gasteiger partial charge in [-0.3, -0.25) is 0 Å². The van der Waals surface area contributed by atoms with Gasteiger partial charge in [-0.15, -0.1) is 6.42 Å². The summed E-state index contributed by atoms with van der Waals surface area (Å²) in [6.45, 7) is 7.96. The molecule has 1 rings (SSSR count). The van der Waals surface area contributed by atoms with E-state index in [4.69, 9.17) is 11.2 Å². The second kappa shape index (κ2) is 5.25. The SMILES string of the molecule is C#Cc1c(OC(C)(C)C)cccc1C(C)CO. The molecular formula is C15H20O2. The highest BCUT2D eigenvalue weighted by Crippen LogP contribution is 2.29. The maximum absolute atomic E-state index is 9.22. The zero-order valence-corrected chi connectivity index (χ0v) is 10.9. The zero-order chi connectivity index (χ0) is 13.1. The molecule has 1 N–H and O–H groups in total. The van der Waals surface area contributed by atoms with Gasteiger partial charge >= 0.3 is 0 Å². The molecule has 0 saturated carbocycles. The molecule has 1 aromatic carbocycles. The highest BCUT2D eigenvalue weighted by atomic mass is 16.5. The summed E-state index contributed by atoms with van der Waals surface area (Å²) < 4.78 is 5.83. The number of ether oxygens (including phenoxy) is 1. The van der Waals surface area contributed by atoms with Gasteiger partial charge in [0.2, 0.25) is 0 Å². The standard InChI is InChI=1S/C15H20O2/c1-6-12-13(11(2)10-16)8-7-9-14(12)17-15(3,4)5/h1,7-9,11,16H,10H2,2-5H3. The predicted molar refractivity (Wildman–Crippen MR) is 70.3 cm³/mol. The molecule has 92 valence electrons. The number of hydrogen-bond acceptors (Lipinski definition) is 2. The first-order valence-electron chi connectivity index (χ1n) is 5.78. The van der Waals surface area contributed by atoms with Crippen molar-refractivity contribution in [2.24, 2.45) is 0 Å². The third-order valence-electron chi connectivity index (χ3n) is 2.42. The Bertz CT molecular complexity index is 422. The fraction of sp³-hybridized carbons (Fsp3) is 0.467. The summed E-state index contributed by atoms with van der Waals surface area (Å²) in [6.07, 6.45) is 5.55. The van der Waals surface area contributed by atoms with Crippen LogP contribution in [0.2, 0.25) is 0 Å². The molecule has 0 radical (unpaired) electrons. The molecule has 0 amide bonds. The molecule has 0 spiro atoms. The van der Waals surface area contributed by atoms with Crippen LogP contribution in [0.3, 0.4) is 0 Å². The summed E-state index contributed by atoms with van der Waals surface area (Å²) in [5.41, 5.74) is 1.41. The van der Waals surface area contributed by atoms with Gasteiger partial charge in [0.05, 0.1) is 5.56 Å². The third-order valence-corrected chi connectivity index (χ3v) is 2.42. The summed E-state index contributed by atoms with van der Waals surface area (Å²) >= 11 is 0. The quantitative estimate of drug-likeness (QED) is 0.812. The average Bonchev–Trinajstić information content (AvgIpc) is 2.25.